The van der Waals surface area contributed by atoms with Crippen LogP contribution in [0.2, 0.25) is 0 Å². The van der Waals surface area contributed by atoms with E-state index in [9.17, 15) is 14.4 Å². The zero-order valence-corrected chi connectivity index (χ0v) is 16.4. The average molecular weight is 371 g/mol. The van der Waals surface area contributed by atoms with E-state index in [1.54, 1.807) is 0 Å². The van der Waals surface area contributed by atoms with E-state index in [-0.39, 0.29) is 24.4 Å². The summed E-state index contributed by atoms with van der Waals surface area (Å²) < 4.78 is 0. The number of rotatable bonds is 5. The monoisotopic (exact) mass is 371 g/mol. The summed E-state index contributed by atoms with van der Waals surface area (Å²) in [5, 5.41) is 5.84. The number of carbonyl (C=O) groups excluding carboxylic acids is 3. The van der Waals surface area contributed by atoms with E-state index in [0.29, 0.717) is 12.3 Å². The third kappa shape index (κ3) is 3.70. The summed E-state index contributed by atoms with van der Waals surface area (Å²) in [5.74, 6) is -0.202. The number of benzene rings is 1. The maximum atomic E-state index is 13.1. The number of nitrogens with one attached hydrogen (secondary N) is 2. The Bertz CT molecular complexity index is 731. The molecule has 1 aliphatic heterocycles. The Morgan fingerprint density at radius 1 is 1.22 bits per heavy atom. The predicted molar refractivity (Wildman–Crippen MR) is 103 cm³/mol. The van der Waals surface area contributed by atoms with Gasteiger partial charge in [-0.15, -0.1) is 0 Å². The number of imide groups is 1. The summed E-state index contributed by atoms with van der Waals surface area (Å²) in [6, 6.07) is 7.20. The van der Waals surface area contributed by atoms with E-state index < -0.39 is 11.6 Å². The number of nitrogens with zero attached hydrogens (tertiary/aromatic N) is 1. The van der Waals surface area contributed by atoms with Crippen molar-refractivity contribution in [3.8, 4) is 0 Å². The minimum atomic E-state index is -1.09. The van der Waals surface area contributed by atoms with Gasteiger partial charge in [-0.1, -0.05) is 56.5 Å². The highest BCUT2D eigenvalue weighted by atomic mass is 16.2. The summed E-state index contributed by atoms with van der Waals surface area (Å²) in [7, 11) is 0. The molecular weight excluding hydrogens is 342 g/mol. The molecular formula is C21H29N3O3. The molecule has 1 aromatic carbocycles. The Balaban J connectivity index is 1.73. The van der Waals surface area contributed by atoms with Gasteiger partial charge >= 0.3 is 6.03 Å². The fraction of sp³-hybridized carbons (Fsp3) is 0.571. The summed E-state index contributed by atoms with van der Waals surface area (Å²) in [6.45, 7) is 5.74. The molecule has 2 N–H and O–H groups in total. The summed E-state index contributed by atoms with van der Waals surface area (Å²) >= 11 is 0. The van der Waals surface area contributed by atoms with E-state index in [1.165, 1.54) is 6.42 Å². The average Bonchev–Trinajstić information content (AvgIpc) is 2.89. The zero-order valence-electron chi connectivity index (χ0n) is 16.4. The largest absolute Gasteiger partial charge is 0.352 e. The predicted octanol–water partition coefficient (Wildman–Crippen LogP) is 2.85. The van der Waals surface area contributed by atoms with Crippen LogP contribution in [-0.2, 0) is 15.1 Å². The molecule has 1 heterocycles. The Kier molecular flexibility index (Phi) is 5.53. The molecule has 2 fully saturated rings. The highest BCUT2D eigenvalue weighted by molar-refractivity contribution is 6.09. The van der Waals surface area contributed by atoms with E-state index in [1.807, 2.05) is 38.1 Å². The van der Waals surface area contributed by atoms with Crippen molar-refractivity contribution in [2.75, 3.05) is 6.54 Å². The van der Waals surface area contributed by atoms with Gasteiger partial charge in [-0.05, 0) is 37.7 Å². The first-order valence-electron chi connectivity index (χ1n) is 9.88. The molecule has 0 unspecified atom stereocenters. The topological polar surface area (TPSA) is 78.5 Å². The van der Waals surface area contributed by atoms with Gasteiger partial charge in [0, 0.05) is 6.04 Å². The molecule has 4 amide bonds. The van der Waals surface area contributed by atoms with Gasteiger partial charge in [0.15, 0.2) is 0 Å². The number of aryl methyl sites for hydroxylation is 1. The van der Waals surface area contributed by atoms with Gasteiger partial charge in [0.05, 0.1) is 0 Å². The van der Waals surface area contributed by atoms with Gasteiger partial charge in [-0.3, -0.25) is 14.5 Å². The number of hydrogen-bond donors (Lipinski definition) is 2. The van der Waals surface area contributed by atoms with Crippen molar-refractivity contribution in [3.63, 3.8) is 0 Å². The summed E-state index contributed by atoms with van der Waals surface area (Å²) in [6.07, 6.45) is 4.77. The van der Waals surface area contributed by atoms with Crippen LogP contribution in [0.1, 0.15) is 57.1 Å². The maximum absolute atomic E-state index is 13.1. The SMILES string of the molecule is CC[C@]1(c2ccc(C)cc2)NC(=O)N(CC(=O)N[C@H]2CCCC[C@@H]2C)C1=O. The van der Waals surface area contributed by atoms with Gasteiger partial charge in [0.1, 0.15) is 12.1 Å². The zero-order chi connectivity index (χ0) is 19.6. The molecule has 0 bridgehead atoms. The Morgan fingerprint density at radius 3 is 2.52 bits per heavy atom. The van der Waals surface area contributed by atoms with E-state index in [4.69, 9.17) is 0 Å². The molecule has 0 radical (unpaired) electrons. The fourth-order valence-corrected chi connectivity index (χ4v) is 4.17. The van der Waals surface area contributed by atoms with E-state index >= 15 is 0 Å². The quantitative estimate of drug-likeness (QED) is 0.781. The van der Waals surface area contributed by atoms with Crippen LogP contribution in [0.3, 0.4) is 0 Å². The first-order chi connectivity index (χ1) is 12.9. The van der Waals surface area contributed by atoms with Crippen LogP contribution in [0.5, 0.6) is 0 Å². The smallest absolute Gasteiger partial charge is 0.325 e. The number of hydrogen-bond acceptors (Lipinski definition) is 3. The molecule has 146 valence electrons. The molecule has 0 spiro atoms. The molecule has 3 rings (SSSR count). The highest BCUT2D eigenvalue weighted by Crippen LogP contribution is 2.32. The fourth-order valence-electron chi connectivity index (χ4n) is 4.17. The molecule has 1 saturated carbocycles. The maximum Gasteiger partial charge on any atom is 0.325 e. The summed E-state index contributed by atoms with van der Waals surface area (Å²) in [4.78, 5) is 39.2. The van der Waals surface area contributed by atoms with Crippen LogP contribution in [0.4, 0.5) is 4.79 Å². The van der Waals surface area contributed by atoms with Crippen LogP contribution >= 0.6 is 0 Å². The van der Waals surface area contributed by atoms with Crippen LogP contribution in [0, 0.1) is 12.8 Å². The molecule has 0 aromatic heterocycles. The lowest BCUT2D eigenvalue weighted by molar-refractivity contribution is -0.135. The van der Waals surface area contributed by atoms with Crippen LogP contribution in [0.15, 0.2) is 24.3 Å². The normalized spacial score (nSPS) is 28.2. The van der Waals surface area contributed by atoms with E-state index in [0.717, 1.165) is 35.3 Å². The van der Waals surface area contributed by atoms with Crippen LogP contribution in [0.25, 0.3) is 0 Å². The van der Waals surface area contributed by atoms with Gasteiger partial charge < -0.3 is 10.6 Å². The lowest BCUT2D eigenvalue weighted by atomic mass is 9.86. The van der Waals surface area contributed by atoms with Crippen molar-refractivity contribution in [1.82, 2.24) is 15.5 Å². The molecule has 3 atom stereocenters. The van der Waals surface area contributed by atoms with Crippen LogP contribution < -0.4 is 10.6 Å². The molecule has 2 aliphatic rings. The van der Waals surface area contributed by atoms with Crippen molar-refractivity contribution in [1.29, 1.82) is 0 Å². The number of amides is 4. The third-order valence-electron chi connectivity index (χ3n) is 6.01. The number of urea groups is 1. The van der Waals surface area contributed by atoms with Gasteiger partial charge in [-0.25, -0.2) is 4.79 Å². The minimum absolute atomic E-state index is 0.125. The van der Waals surface area contributed by atoms with Crippen molar-refractivity contribution < 1.29 is 14.4 Å². The Hall–Kier alpha value is -2.37. The molecule has 1 aliphatic carbocycles. The van der Waals surface area contributed by atoms with Crippen molar-refractivity contribution in [2.45, 2.75) is 64.5 Å². The van der Waals surface area contributed by atoms with Crippen molar-refractivity contribution >= 4 is 17.8 Å². The summed E-state index contributed by atoms with van der Waals surface area (Å²) in [5.41, 5.74) is 0.737. The molecule has 6 heteroatoms. The first kappa shape index (κ1) is 19.4. The lowest BCUT2D eigenvalue weighted by Crippen LogP contribution is -2.48. The molecule has 27 heavy (non-hydrogen) atoms. The molecule has 6 nitrogen and oxygen atoms in total. The third-order valence-corrected chi connectivity index (χ3v) is 6.01. The van der Waals surface area contributed by atoms with Crippen molar-refractivity contribution in [3.05, 3.63) is 35.4 Å². The standard InChI is InChI=1S/C21H29N3O3/c1-4-21(16-11-9-14(2)10-12-16)19(26)24(20(27)23-21)13-18(25)22-17-8-6-5-7-15(17)3/h9-12,15,17H,4-8,13H2,1-3H3,(H,22,25)(H,23,27)/t15-,17-,21+/m0/s1. The second-order valence-electron chi connectivity index (χ2n) is 7.88. The lowest BCUT2D eigenvalue weighted by Gasteiger charge is -2.30. The number of carbonyl (C=O) groups is 3. The second-order valence-corrected chi connectivity index (χ2v) is 7.88. The minimum Gasteiger partial charge on any atom is -0.352 e. The first-order valence-corrected chi connectivity index (χ1v) is 9.88. The highest BCUT2D eigenvalue weighted by Gasteiger charge is 2.51. The Labute approximate surface area is 160 Å². The van der Waals surface area contributed by atoms with Gasteiger partial charge in [0.2, 0.25) is 5.91 Å². The Morgan fingerprint density at radius 2 is 1.89 bits per heavy atom. The van der Waals surface area contributed by atoms with Crippen LogP contribution in [-0.4, -0.2) is 35.3 Å². The molecule has 1 saturated heterocycles. The van der Waals surface area contributed by atoms with Crippen molar-refractivity contribution in [2.24, 2.45) is 5.92 Å². The van der Waals surface area contributed by atoms with Gasteiger partial charge in [0.25, 0.3) is 5.91 Å². The van der Waals surface area contributed by atoms with Gasteiger partial charge in [-0.2, -0.15) is 0 Å². The van der Waals surface area contributed by atoms with E-state index in [2.05, 4.69) is 17.6 Å². The second kappa shape index (κ2) is 7.71. The molecule has 1 aromatic rings.